The summed E-state index contributed by atoms with van der Waals surface area (Å²) in [6, 6.07) is -0.0841. The molecule has 1 aliphatic heterocycles. The fraction of sp³-hybridized carbons (Fsp3) is 0.500. The lowest BCUT2D eigenvalue weighted by molar-refractivity contribution is 0.191. The predicted octanol–water partition coefficient (Wildman–Crippen LogP) is -0.750. The lowest BCUT2D eigenvalue weighted by Gasteiger charge is -2.01. The van der Waals surface area contributed by atoms with Crippen LogP contribution in [0.2, 0.25) is 0 Å². The highest BCUT2D eigenvalue weighted by atomic mass is 16.5. The molecule has 8 nitrogen and oxygen atoms in total. The van der Waals surface area contributed by atoms with E-state index in [4.69, 9.17) is 4.52 Å². The van der Waals surface area contributed by atoms with Crippen molar-refractivity contribution in [2.75, 3.05) is 6.54 Å². The molecule has 2 unspecified atom stereocenters. The van der Waals surface area contributed by atoms with Gasteiger partial charge >= 0.3 is 0 Å². The second kappa shape index (κ2) is 3.65. The first-order valence-electron chi connectivity index (χ1n) is 4.93. The summed E-state index contributed by atoms with van der Waals surface area (Å²) in [5.41, 5.74) is 0. The number of β-amino-alcohol motifs (C(OH)–C–C–N with tert-alkyl or cyclic N) is 1. The van der Waals surface area contributed by atoms with Gasteiger partial charge < -0.3 is 14.9 Å². The third kappa shape index (κ3) is 1.57. The molecule has 2 atom stereocenters. The first kappa shape index (κ1) is 9.43. The summed E-state index contributed by atoms with van der Waals surface area (Å²) in [7, 11) is 0. The zero-order chi connectivity index (χ0) is 11.0. The Morgan fingerprint density at radius 1 is 1.50 bits per heavy atom. The van der Waals surface area contributed by atoms with Gasteiger partial charge in [0.2, 0.25) is 11.7 Å². The van der Waals surface area contributed by atoms with Crippen molar-refractivity contribution in [1.29, 1.82) is 0 Å². The minimum atomic E-state index is -0.356. The van der Waals surface area contributed by atoms with Crippen LogP contribution in [0.3, 0.4) is 0 Å². The fourth-order valence-electron chi connectivity index (χ4n) is 1.69. The fourth-order valence-corrected chi connectivity index (χ4v) is 1.69. The molecule has 3 heterocycles. The van der Waals surface area contributed by atoms with Crippen molar-refractivity contribution < 1.29 is 9.63 Å². The third-order valence-electron chi connectivity index (χ3n) is 2.47. The van der Waals surface area contributed by atoms with E-state index in [1.54, 1.807) is 0 Å². The first-order valence-corrected chi connectivity index (χ1v) is 4.93. The van der Waals surface area contributed by atoms with Gasteiger partial charge in [0.15, 0.2) is 5.82 Å². The molecule has 1 fully saturated rings. The highest BCUT2D eigenvalue weighted by Crippen LogP contribution is 2.23. The Bertz CT molecular complexity index is 467. The zero-order valence-corrected chi connectivity index (χ0v) is 8.29. The Morgan fingerprint density at radius 3 is 3.12 bits per heavy atom. The van der Waals surface area contributed by atoms with Gasteiger partial charge in [-0.15, -0.1) is 0 Å². The van der Waals surface area contributed by atoms with Gasteiger partial charge in [-0.25, -0.2) is 4.98 Å². The van der Waals surface area contributed by atoms with Crippen LogP contribution in [0.5, 0.6) is 0 Å². The van der Waals surface area contributed by atoms with Crippen LogP contribution in [0.25, 0.3) is 11.6 Å². The van der Waals surface area contributed by atoms with E-state index >= 15 is 0 Å². The Balaban J connectivity index is 1.83. The van der Waals surface area contributed by atoms with Crippen LogP contribution in [0, 0.1) is 0 Å². The molecule has 2 aromatic heterocycles. The van der Waals surface area contributed by atoms with E-state index in [0.717, 1.165) is 0 Å². The maximum Gasteiger partial charge on any atom is 0.244 e. The molecule has 1 saturated heterocycles. The summed E-state index contributed by atoms with van der Waals surface area (Å²) >= 11 is 0. The number of hydrogen-bond acceptors (Lipinski definition) is 7. The summed E-state index contributed by atoms with van der Waals surface area (Å²) in [5.74, 6) is 1.30. The summed E-state index contributed by atoms with van der Waals surface area (Å²) in [5, 5.41) is 22.6. The van der Waals surface area contributed by atoms with Crippen LogP contribution in [0.4, 0.5) is 0 Å². The van der Waals surface area contributed by atoms with Crippen molar-refractivity contribution in [2.45, 2.75) is 18.6 Å². The molecular weight excluding hydrogens is 212 g/mol. The van der Waals surface area contributed by atoms with Crippen LogP contribution >= 0.6 is 0 Å². The van der Waals surface area contributed by atoms with Crippen molar-refractivity contribution in [1.82, 2.24) is 30.6 Å². The van der Waals surface area contributed by atoms with Gasteiger partial charge in [-0.05, 0) is 6.42 Å². The molecule has 0 radical (unpaired) electrons. The normalized spacial score (nSPS) is 25.1. The number of nitrogens with zero attached hydrogens (tertiary/aromatic N) is 4. The number of aromatic amines is 1. The van der Waals surface area contributed by atoms with Crippen molar-refractivity contribution in [3.63, 3.8) is 0 Å². The van der Waals surface area contributed by atoms with E-state index in [-0.39, 0.29) is 12.1 Å². The third-order valence-corrected chi connectivity index (χ3v) is 2.47. The maximum absolute atomic E-state index is 9.37. The summed E-state index contributed by atoms with van der Waals surface area (Å²) < 4.78 is 5.10. The minimum absolute atomic E-state index is 0.0841. The van der Waals surface area contributed by atoms with Crippen LogP contribution < -0.4 is 5.32 Å². The Hall–Kier alpha value is -1.80. The molecule has 2 aromatic rings. The van der Waals surface area contributed by atoms with Crippen LogP contribution in [0.1, 0.15) is 18.4 Å². The molecule has 0 aliphatic carbocycles. The van der Waals surface area contributed by atoms with E-state index in [1.165, 1.54) is 6.33 Å². The van der Waals surface area contributed by atoms with Gasteiger partial charge in [-0.1, -0.05) is 5.16 Å². The number of aliphatic hydroxyl groups excluding tert-OH is 1. The second-order valence-corrected chi connectivity index (χ2v) is 3.64. The lowest BCUT2D eigenvalue weighted by atomic mass is 10.2. The number of rotatable bonds is 2. The van der Waals surface area contributed by atoms with Crippen molar-refractivity contribution in [3.05, 3.63) is 12.2 Å². The molecule has 1 aliphatic rings. The quantitative estimate of drug-likeness (QED) is 0.612. The van der Waals surface area contributed by atoms with Crippen LogP contribution in [-0.2, 0) is 0 Å². The molecule has 8 heteroatoms. The molecule has 16 heavy (non-hydrogen) atoms. The number of aromatic nitrogens is 5. The van der Waals surface area contributed by atoms with Crippen LogP contribution in [-0.4, -0.2) is 43.1 Å². The number of aliphatic hydroxyl groups is 1. The van der Waals surface area contributed by atoms with Crippen LogP contribution in [0.15, 0.2) is 10.9 Å². The second-order valence-electron chi connectivity index (χ2n) is 3.64. The van der Waals surface area contributed by atoms with Gasteiger partial charge in [0, 0.05) is 6.54 Å². The Morgan fingerprint density at radius 2 is 2.44 bits per heavy atom. The van der Waals surface area contributed by atoms with Gasteiger partial charge in [-0.3, -0.25) is 5.10 Å². The molecule has 3 rings (SSSR count). The first-order chi connectivity index (χ1) is 7.83. The highest BCUT2D eigenvalue weighted by molar-refractivity contribution is 5.39. The predicted molar refractivity (Wildman–Crippen MR) is 51.0 cm³/mol. The monoisotopic (exact) mass is 222 g/mol. The largest absolute Gasteiger partial charge is 0.392 e. The standard InChI is InChI=1S/C8H10N6O2/c15-4-1-5(9-2-4)8-12-7(14-16-8)6-10-3-11-13-6/h3-5,9,15H,1-2H2,(H,10,11,13). The summed E-state index contributed by atoms with van der Waals surface area (Å²) in [6.07, 6.45) is 1.60. The van der Waals surface area contributed by atoms with E-state index in [1.807, 2.05) is 0 Å². The number of nitrogens with one attached hydrogen (secondary N) is 2. The van der Waals surface area contributed by atoms with Gasteiger partial charge in [0.25, 0.3) is 0 Å². The molecule has 0 aromatic carbocycles. The molecule has 0 amide bonds. The Kier molecular flexibility index (Phi) is 2.15. The molecule has 0 spiro atoms. The topological polar surface area (TPSA) is 113 Å². The number of hydrogen-bond donors (Lipinski definition) is 3. The summed E-state index contributed by atoms with van der Waals surface area (Å²) in [6.45, 7) is 0.546. The van der Waals surface area contributed by atoms with E-state index in [0.29, 0.717) is 30.5 Å². The maximum atomic E-state index is 9.37. The lowest BCUT2D eigenvalue weighted by Crippen LogP contribution is -2.15. The highest BCUT2D eigenvalue weighted by Gasteiger charge is 2.28. The van der Waals surface area contributed by atoms with Crippen molar-refractivity contribution in [2.24, 2.45) is 0 Å². The molecule has 0 bridgehead atoms. The molecular formula is C8H10N6O2. The average Bonchev–Trinajstić information content (AvgIpc) is 2.97. The van der Waals surface area contributed by atoms with E-state index < -0.39 is 0 Å². The molecule has 84 valence electrons. The average molecular weight is 222 g/mol. The molecule has 0 saturated carbocycles. The van der Waals surface area contributed by atoms with Gasteiger partial charge in [0.05, 0.1) is 12.1 Å². The van der Waals surface area contributed by atoms with Gasteiger partial charge in [-0.2, -0.15) is 10.1 Å². The van der Waals surface area contributed by atoms with Crippen molar-refractivity contribution >= 4 is 0 Å². The van der Waals surface area contributed by atoms with Gasteiger partial charge in [0.1, 0.15) is 6.33 Å². The Labute approximate surface area is 90.1 Å². The zero-order valence-electron chi connectivity index (χ0n) is 8.29. The number of H-pyrrole nitrogens is 1. The van der Waals surface area contributed by atoms with E-state index in [2.05, 4.69) is 30.6 Å². The van der Waals surface area contributed by atoms with Crippen molar-refractivity contribution in [3.8, 4) is 11.6 Å². The minimum Gasteiger partial charge on any atom is -0.392 e. The SMILES string of the molecule is OC1CNC(c2nc(-c3ncn[nH]3)no2)C1. The van der Waals surface area contributed by atoms with E-state index in [9.17, 15) is 5.11 Å². The summed E-state index contributed by atoms with van der Waals surface area (Å²) in [4.78, 5) is 8.10. The smallest absolute Gasteiger partial charge is 0.244 e. The molecule has 3 N–H and O–H groups in total.